The molecule has 1 aromatic rings. The Kier molecular flexibility index (Phi) is 10.0. The summed E-state index contributed by atoms with van der Waals surface area (Å²) >= 11 is 0. The van der Waals surface area contributed by atoms with Crippen molar-refractivity contribution in [2.24, 2.45) is 11.7 Å². The number of halogens is 4. The van der Waals surface area contributed by atoms with E-state index in [1.807, 2.05) is 0 Å². The third-order valence-corrected chi connectivity index (χ3v) is 3.32. The number of hydrogen-bond donors (Lipinski definition) is 3. The molecule has 26 heavy (non-hydrogen) atoms. The highest BCUT2D eigenvalue weighted by Gasteiger charge is 2.30. The Morgan fingerprint density at radius 3 is 2.23 bits per heavy atom. The van der Waals surface area contributed by atoms with Crippen LogP contribution in [0.1, 0.15) is 19.4 Å². The topological polar surface area (TPSA) is 93.5 Å². The molecule has 1 atom stereocenters. The zero-order valence-electron chi connectivity index (χ0n) is 14.4. The zero-order chi connectivity index (χ0) is 19.0. The number of rotatable bonds is 8. The first-order valence-corrected chi connectivity index (χ1v) is 7.71. The van der Waals surface area contributed by atoms with Crippen LogP contribution >= 0.6 is 12.4 Å². The molecule has 1 rings (SSSR count). The lowest BCUT2D eigenvalue weighted by Crippen LogP contribution is -2.47. The quantitative estimate of drug-likeness (QED) is 0.582. The van der Waals surface area contributed by atoms with Crippen molar-refractivity contribution in [2.75, 3.05) is 19.7 Å². The molecular formula is C16H23ClF3N3O3. The van der Waals surface area contributed by atoms with E-state index in [2.05, 4.69) is 10.6 Å². The lowest BCUT2D eigenvalue weighted by atomic mass is 10.1. The van der Waals surface area contributed by atoms with Crippen LogP contribution in [0.25, 0.3) is 0 Å². The van der Waals surface area contributed by atoms with Gasteiger partial charge in [-0.3, -0.25) is 9.59 Å². The maximum Gasteiger partial charge on any atom is 0.416 e. The molecule has 0 aliphatic heterocycles. The standard InChI is InChI=1S/C16H22F3N3O3.ClH/c1-10(2)14(20)15(24)22-9-13(23)21-7-8-25-12-5-3-11(4-6-12)16(17,18)19;/h3-6,10,14H,7-9,20H2,1-2H3,(H,21,23)(H,22,24);1H/t14-;/m0./s1. The number of nitrogens with one attached hydrogen (secondary N) is 2. The summed E-state index contributed by atoms with van der Waals surface area (Å²) in [5.41, 5.74) is 4.87. The molecule has 0 fully saturated rings. The molecule has 6 nitrogen and oxygen atoms in total. The molecule has 0 aliphatic rings. The average molecular weight is 398 g/mol. The van der Waals surface area contributed by atoms with Gasteiger partial charge in [-0.25, -0.2) is 0 Å². The van der Waals surface area contributed by atoms with Crippen LogP contribution in [0.2, 0.25) is 0 Å². The van der Waals surface area contributed by atoms with Crippen molar-refractivity contribution >= 4 is 24.2 Å². The monoisotopic (exact) mass is 397 g/mol. The Bertz CT molecular complexity index is 580. The fraction of sp³-hybridized carbons (Fsp3) is 0.500. The Balaban J connectivity index is 0.00000625. The van der Waals surface area contributed by atoms with Crippen LogP contribution in [0, 0.1) is 5.92 Å². The predicted octanol–water partition coefficient (Wildman–Crippen LogP) is 1.72. The molecule has 0 heterocycles. The molecule has 2 amide bonds. The highest BCUT2D eigenvalue weighted by atomic mass is 35.5. The second-order valence-corrected chi connectivity index (χ2v) is 5.71. The van der Waals surface area contributed by atoms with E-state index < -0.39 is 29.6 Å². The van der Waals surface area contributed by atoms with Gasteiger partial charge < -0.3 is 21.1 Å². The molecule has 0 bridgehead atoms. The van der Waals surface area contributed by atoms with Gasteiger partial charge in [0, 0.05) is 0 Å². The van der Waals surface area contributed by atoms with E-state index in [0.29, 0.717) is 0 Å². The largest absolute Gasteiger partial charge is 0.492 e. The van der Waals surface area contributed by atoms with Gasteiger partial charge in [-0.05, 0) is 30.2 Å². The van der Waals surface area contributed by atoms with E-state index in [1.165, 1.54) is 12.1 Å². The van der Waals surface area contributed by atoms with Crippen LogP contribution in [0.15, 0.2) is 24.3 Å². The van der Waals surface area contributed by atoms with Crippen molar-refractivity contribution in [3.05, 3.63) is 29.8 Å². The number of carbonyl (C=O) groups excluding carboxylic acids is 2. The first-order chi connectivity index (χ1) is 11.6. The summed E-state index contributed by atoms with van der Waals surface area (Å²) in [6.07, 6.45) is -4.39. The van der Waals surface area contributed by atoms with Crippen molar-refractivity contribution in [2.45, 2.75) is 26.1 Å². The molecule has 0 saturated heterocycles. The van der Waals surface area contributed by atoms with Crippen LogP contribution in [0.3, 0.4) is 0 Å². The third-order valence-electron chi connectivity index (χ3n) is 3.32. The maximum absolute atomic E-state index is 12.4. The van der Waals surface area contributed by atoms with Crippen LogP contribution < -0.4 is 21.1 Å². The Labute approximate surface area is 156 Å². The number of alkyl halides is 3. The van der Waals surface area contributed by atoms with E-state index in [1.54, 1.807) is 13.8 Å². The summed E-state index contributed by atoms with van der Waals surface area (Å²) in [6.45, 7) is 3.61. The smallest absolute Gasteiger partial charge is 0.416 e. The van der Waals surface area contributed by atoms with Gasteiger partial charge in [0.05, 0.1) is 24.7 Å². The normalized spacial score (nSPS) is 12.1. The predicted molar refractivity (Wildman–Crippen MR) is 93.0 cm³/mol. The number of hydrogen-bond acceptors (Lipinski definition) is 4. The van der Waals surface area contributed by atoms with Crippen LogP contribution in [0.5, 0.6) is 5.75 Å². The van der Waals surface area contributed by atoms with Gasteiger partial charge in [-0.1, -0.05) is 13.8 Å². The maximum atomic E-state index is 12.4. The van der Waals surface area contributed by atoms with Crippen LogP contribution in [-0.2, 0) is 15.8 Å². The van der Waals surface area contributed by atoms with Crippen molar-refractivity contribution < 1.29 is 27.5 Å². The number of amides is 2. The molecule has 0 aliphatic carbocycles. The number of ether oxygens (including phenoxy) is 1. The fourth-order valence-electron chi connectivity index (χ4n) is 1.75. The SMILES string of the molecule is CC(C)[C@H](N)C(=O)NCC(=O)NCCOc1ccc(C(F)(F)F)cc1.Cl. The highest BCUT2D eigenvalue weighted by molar-refractivity contribution is 5.87. The van der Waals surface area contributed by atoms with E-state index >= 15 is 0 Å². The van der Waals surface area contributed by atoms with E-state index in [9.17, 15) is 22.8 Å². The Morgan fingerprint density at radius 2 is 1.73 bits per heavy atom. The minimum Gasteiger partial charge on any atom is -0.492 e. The minimum atomic E-state index is -4.39. The molecule has 0 radical (unpaired) electrons. The summed E-state index contributed by atoms with van der Waals surface area (Å²) in [5, 5.41) is 4.93. The lowest BCUT2D eigenvalue weighted by molar-refractivity contribution is -0.137. The molecular weight excluding hydrogens is 375 g/mol. The highest BCUT2D eigenvalue weighted by Crippen LogP contribution is 2.30. The van der Waals surface area contributed by atoms with Crippen LogP contribution in [-0.4, -0.2) is 37.6 Å². The van der Waals surface area contributed by atoms with Gasteiger partial charge in [-0.15, -0.1) is 12.4 Å². The summed E-state index contributed by atoms with van der Waals surface area (Å²) in [5.74, 6) is -0.606. The fourth-order valence-corrected chi connectivity index (χ4v) is 1.75. The minimum absolute atomic E-state index is 0. The Hall–Kier alpha value is -2.00. The molecule has 10 heteroatoms. The zero-order valence-corrected chi connectivity index (χ0v) is 15.2. The number of nitrogens with two attached hydrogens (primary N) is 1. The summed E-state index contributed by atoms with van der Waals surface area (Å²) in [7, 11) is 0. The average Bonchev–Trinajstić information content (AvgIpc) is 2.55. The van der Waals surface area contributed by atoms with Gasteiger partial charge in [-0.2, -0.15) is 13.2 Å². The van der Waals surface area contributed by atoms with Gasteiger partial charge in [0.2, 0.25) is 11.8 Å². The van der Waals surface area contributed by atoms with Gasteiger partial charge in [0.1, 0.15) is 12.4 Å². The number of benzene rings is 1. The van der Waals surface area contributed by atoms with Crippen molar-refractivity contribution in [1.82, 2.24) is 10.6 Å². The Morgan fingerprint density at radius 1 is 1.15 bits per heavy atom. The lowest BCUT2D eigenvalue weighted by Gasteiger charge is -2.15. The van der Waals surface area contributed by atoms with Gasteiger partial charge >= 0.3 is 6.18 Å². The third kappa shape index (κ3) is 8.39. The van der Waals surface area contributed by atoms with Crippen molar-refractivity contribution in [3.63, 3.8) is 0 Å². The molecule has 148 valence electrons. The van der Waals surface area contributed by atoms with E-state index in [-0.39, 0.29) is 43.8 Å². The second-order valence-electron chi connectivity index (χ2n) is 5.71. The summed E-state index contributed by atoms with van der Waals surface area (Å²) in [6, 6.07) is 3.56. The summed E-state index contributed by atoms with van der Waals surface area (Å²) < 4.78 is 42.5. The molecule has 0 aromatic heterocycles. The molecule has 1 aromatic carbocycles. The molecule has 0 spiro atoms. The number of carbonyl (C=O) groups is 2. The summed E-state index contributed by atoms with van der Waals surface area (Å²) in [4.78, 5) is 23.1. The first kappa shape index (κ1) is 24.0. The van der Waals surface area contributed by atoms with Gasteiger partial charge in [0.25, 0.3) is 0 Å². The van der Waals surface area contributed by atoms with Crippen molar-refractivity contribution in [3.8, 4) is 5.75 Å². The van der Waals surface area contributed by atoms with E-state index in [4.69, 9.17) is 10.5 Å². The van der Waals surface area contributed by atoms with Gasteiger partial charge in [0.15, 0.2) is 0 Å². The van der Waals surface area contributed by atoms with E-state index in [0.717, 1.165) is 12.1 Å². The first-order valence-electron chi connectivity index (χ1n) is 7.71. The molecule has 0 saturated carbocycles. The second kappa shape index (κ2) is 10.9. The van der Waals surface area contributed by atoms with Crippen LogP contribution in [0.4, 0.5) is 13.2 Å². The molecule has 4 N–H and O–H groups in total. The molecule has 0 unspecified atom stereocenters. The van der Waals surface area contributed by atoms with Crippen molar-refractivity contribution in [1.29, 1.82) is 0 Å².